The van der Waals surface area contributed by atoms with Crippen molar-refractivity contribution in [3.05, 3.63) is 0 Å². The number of nitrogens with one attached hydrogen (secondary N) is 1. The molecule has 0 fully saturated rings. The second-order valence-electron chi connectivity index (χ2n) is 4.52. The number of rotatable bonds is 9. The Balaban J connectivity index is 4.56. The van der Waals surface area contributed by atoms with Gasteiger partial charge < -0.3 is 9.63 Å². The number of aldehydes is 1. The third kappa shape index (κ3) is 7.39. The normalized spacial score (nSPS) is 13.3. The molecule has 0 amide bonds. The Kier molecular flexibility index (Phi) is 7.77. The molecule has 0 aliphatic heterocycles. The van der Waals surface area contributed by atoms with Crippen LogP contribution in [0, 0.1) is 11.8 Å². The van der Waals surface area contributed by atoms with E-state index >= 15 is 0 Å². The summed E-state index contributed by atoms with van der Waals surface area (Å²) in [5.41, 5.74) is 2.18. The van der Waals surface area contributed by atoms with Crippen molar-refractivity contribution in [3.8, 4) is 0 Å². The fourth-order valence-corrected chi connectivity index (χ4v) is 3.22. The van der Waals surface area contributed by atoms with Crippen molar-refractivity contribution in [2.75, 3.05) is 18.6 Å². The van der Waals surface area contributed by atoms with Gasteiger partial charge in [-0.2, -0.15) is 5.48 Å². The van der Waals surface area contributed by atoms with Crippen molar-refractivity contribution in [2.45, 2.75) is 26.7 Å². The van der Waals surface area contributed by atoms with Crippen LogP contribution in [-0.4, -0.2) is 39.2 Å². The summed E-state index contributed by atoms with van der Waals surface area (Å²) in [5, 5.41) is 0. The molecule has 0 saturated carbocycles. The second kappa shape index (κ2) is 8.20. The molecule has 0 aliphatic carbocycles. The lowest BCUT2D eigenvalue weighted by molar-refractivity contribution is -0.154. The van der Waals surface area contributed by atoms with Gasteiger partial charge in [-0.25, -0.2) is 8.42 Å². The summed E-state index contributed by atoms with van der Waals surface area (Å²) in [6.07, 6.45) is 0.915. The highest BCUT2D eigenvalue weighted by molar-refractivity contribution is 7.91. The molecule has 0 aromatic heterocycles. The topological polar surface area (TPSA) is 89.5 Å². The zero-order chi connectivity index (χ0) is 14.2. The fourth-order valence-electron chi connectivity index (χ4n) is 1.34. The maximum absolute atomic E-state index is 11.8. The third-order valence-electron chi connectivity index (χ3n) is 2.38. The lowest BCUT2D eigenvalue weighted by Gasteiger charge is -2.13. The Hall–Kier alpha value is -0.950. The minimum atomic E-state index is -3.35. The van der Waals surface area contributed by atoms with Gasteiger partial charge in [0.15, 0.2) is 9.84 Å². The molecule has 0 saturated heterocycles. The van der Waals surface area contributed by atoms with Gasteiger partial charge in [0, 0.05) is 13.5 Å². The molecular formula is C11H21NO5S. The first-order chi connectivity index (χ1) is 8.32. The molecule has 0 heterocycles. The monoisotopic (exact) mass is 279 g/mol. The van der Waals surface area contributed by atoms with Crippen LogP contribution < -0.4 is 5.48 Å². The van der Waals surface area contributed by atoms with Gasteiger partial charge in [-0.05, 0) is 12.3 Å². The summed E-state index contributed by atoms with van der Waals surface area (Å²) < 4.78 is 23.6. The highest BCUT2D eigenvalue weighted by Crippen LogP contribution is 2.11. The van der Waals surface area contributed by atoms with Crippen LogP contribution in [0.15, 0.2) is 0 Å². The van der Waals surface area contributed by atoms with E-state index in [-0.39, 0.29) is 23.8 Å². The molecule has 1 atom stereocenters. The zero-order valence-corrected chi connectivity index (χ0v) is 11.8. The first kappa shape index (κ1) is 17.1. The molecule has 7 heteroatoms. The quantitative estimate of drug-likeness (QED) is 0.483. The van der Waals surface area contributed by atoms with Crippen molar-refractivity contribution in [2.24, 2.45) is 11.8 Å². The second-order valence-corrected chi connectivity index (χ2v) is 6.75. The Morgan fingerprint density at radius 2 is 2.00 bits per heavy atom. The van der Waals surface area contributed by atoms with Crippen molar-refractivity contribution in [1.29, 1.82) is 0 Å². The van der Waals surface area contributed by atoms with Crippen LogP contribution in [-0.2, 0) is 24.3 Å². The van der Waals surface area contributed by atoms with Crippen LogP contribution >= 0.6 is 0 Å². The number of carbonyl (C=O) groups is 2. The zero-order valence-electron chi connectivity index (χ0n) is 11.0. The maximum Gasteiger partial charge on any atom is 0.329 e. The molecule has 18 heavy (non-hydrogen) atoms. The van der Waals surface area contributed by atoms with Crippen LogP contribution in [0.5, 0.6) is 0 Å². The van der Waals surface area contributed by atoms with Crippen molar-refractivity contribution >= 4 is 22.1 Å². The summed E-state index contributed by atoms with van der Waals surface area (Å²) in [5.74, 6) is -1.72. The number of hydrogen-bond donors (Lipinski definition) is 1. The summed E-state index contributed by atoms with van der Waals surface area (Å²) in [4.78, 5) is 26.4. The Morgan fingerprint density at radius 1 is 1.39 bits per heavy atom. The van der Waals surface area contributed by atoms with E-state index in [4.69, 9.17) is 0 Å². The van der Waals surface area contributed by atoms with Gasteiger partial charge >= 0.3 is 5.97 Å². The van der Waals surface area contributed by atoms with Gasteiger partial charge in [-0.3, -0.25) is 4.79 Å². The number of carbonyl (C=O) groups excluding carboxylic acids is 2. The molecule has 106 valence electrons. The summed E-state index contributed by atoms with van der Waals surface area (Å²) in [6.45, 7) is 3.85. The van der Waals surface area contributed by atoms with Crippen LogP contribution in [0.25, 0.3) is 0 Å². The number of hydroxylamine groups is 1. The standard InChI is InChI=1S/C11H21NO5S/c1-9(2)5-7-18(15,16)8-10(4-6-13)11(14)17-12-3/h6,9-10,12H,4-5,7-8H2,1-3H3. The van der Waals surface area contributed by atoms with Gasteiger partial charge in [-0.1, -0.05) is 13.8 Å². The van der Waals surface area contributed by atoms with E-state index in [9.17, 15) is 18.0 Å². The van der Waals surface area contributed by atoms with E-state index in [1.807, 2.05) is 13.8 Å². The predicted octanol–water partition coefficient (Wildman–Crippen LogP) is 0.330. The lowest BCUT2D eigenvalue weighted by Crippen LogP contribution is -2.30. The summed E-state index contributed by atoms with van der Waals surface area (Å²) >= 11 is 0. The molecule has 0 aliphatic rings. The molecule has 0 spiro atoms. The minimum Gasteiger partial charge on any atom is -0.371 e. The van der Waals surface area contributed by atoms with Gasteiger partial charge in [-0.15, -0.1) is 0 Å². The third-order valence-corrected chi connectivity index (χ3v) is 4.15. The predicted molar refractivity (Wildman–Crippen MR) is 67.4 cm³/mol. The lowest BCUT2D eigenvalue weighted by atomic mass is 10.1. The van der Waals surface area contributed by atoms with Gasteiger partial charge in [0.1, 0.15) is 6.29 Å². The smallest absolute Gasteiger partial charge is 0.329 e. The summed E-state index contributed by atoms with van der Waals surface area (Å²) in [6, 6.07) is 0. The summed E-state index contributed by atoms with van der Waals surface area (Å²) in [7, 11) is -1.96. The fraction of sp³-hybridized carbons (Fsp3) is 0.818. The van der Waals surface area contributed by atoms with Crippen LogP contribution in [0.4, 0.5) is 0 Å². The molecule has 1 unspecified atom stereocenters. The highest BCUT2D eigenvalue weighted by atomic mass is 32.2. The van der Waals surface area contributed by atoms with Crippen LogP contribution in [0.3, 0.4) is 0 Å². The van der Waals surface area contributed by atoms with Crippen LogP contribution in [0.1, 0.15) is 26.7 Å². The molecule has 6 nitrogen and oxygen atoms in total. The highest BCUT2D eigenvalue weighted by Gasteiger charge is 2.26. The molecule has 0 rings (SSSR count). The van der Waals surface area contributed by atoms with Crippen molar-refractivity contribution in [3.63, 3.8) is 0 Å². The first-order valence-corrected chi connectivity index (χ1v) is 7.66. The molecule has 0 bridgehead atoms. The van der Waals surface area contributed by atoms with E-state index in [0.717, 1.165) is 0 Å². The van der Waals surface area contributed by atoms with Gasteiger partial charge in [0.25, 0.3) is 0 Å². The molecular weight excluding hydrogens is 258 g/mol. The van der Waals surface area contributed by atoms with Gasteiger partial charge in [0.05, 0.1) is 17.4 Å². The van der Waals surface area contributed by atoms with Crippen molar-refractivity contribution in [1.82, 2.24) is 5.48 Å². The Labute approximate surface area is 108 Å². The molecule has 0 radical (unpaired) electrons. The SMILES string of the molecule is CNOC(=O)C(CC=O)CS(=O)(=O)CCC(C)C. The molecule has 0 aromatic rings. The maximum atomic E-state index is 11.8. The minimum absolute atomic E-state index is 0.0207. The van der Waals surface area contributed by atoms with Crippen LogP contribution in [0.2, 0.25) is 0 Å². The Bertz CT molecular complexity index is 364. The first-order valence-electron chi connectivity index (χ1n) is 5.84. The Morgan fingerprint density at radius 3 is 2.44 bits per heavy atom. The molecule has 0 aromatic carbocycles. The van der Waals surface area contributed by atoms with Crippen molar-refractivity contribution < 1.29 is 22.8 Å². The van der Waals surface area contributed by atoms with E-state index in [1.54, 1.807) is 0 Å². The average molecular weight is 279 g/mol. The van der Waals surface area contributed by atoms with E-state index < -0.39 is 21.7 Å². The van der Waals surface area contributed by atoms with E-state index in [1.165, 1.54) is 7.05 Å². The van der Waals surface area contributed by atoms with E-state index in [2.05, 4.69) is 10.3 Å². The largest absolute Gasteiger partial charge is 0.371 e. The van der Waals surface area contributed by atoms with E-state index in [0.29, 0.717) is 12.7 Å². The van der Waals surface area contributed by atoms with Gasteiger partial charge in [0.2, 0.25) is 0 Å². The molecule has 1 N–H and O–H groups in total. The number of sulfone groups is 1. The number of hydrogen-bond acceptors (Lipinski definition) is 6. The average Bonchev–Trinajstić information content (AvgIpc) is 2.26.